The van der Waals surface area contributed by atoms with Gasteiger partial charge in [-0.3, -0.25) is 0 Å². The summed E-state index contributed by atoms with van der Waals surface area (Å²) in [6.45, 7) is 5.80. The molecule has 0 aliphatic rings. The Morgan fingerprint density at radius 3 is 2.50 bits per heavy atom. The highest BCUT2D eigenvalue weighted by molar-refractivity contribution is 5.41. The molecule has 0 saturated carbocycles. The molecular formula is C13H20O3. The molecule has 90 valence electrons. The van der Waals surface area contributed by atoms with Crippen LogP contribution in [-0.4, -0.2) is 18.3 Å². The maximum Gasteiger partial charge on any atom is 0.129 e. The molecule has 1 aromatic carbocycles. The SMILES string of the molecule is CCC(C)Oc1cc(OC)ccc1[C@@H](C)O. The molecule has 0 spiro atoms. The van der Waals surface area contributed by atoms with Crippen molar-refractivity contribution in [1.82, 2.24) is 0 Å². The smallest absolute Gasteiger partial charge is 0.129 e. The second-order valence-corrected chi connectivity index (χ2v) is 3.92. The van der Waals surface area contributed by atoms with Gasteiger partial charge in [-0.05, 0) is 32.4 Å². The van der Waals surface area contributed by atoms with Crippen LogP contribution >= 0.6 is 0 Å². The Bertz CT molecular complexity index is 334. The van der Waals surface area contributed by atoms with E-state index in [2.05, 4.69) is 6.92 Å². The first kappa shape index (κ1) is 12.8. The quantitative estimate of drug-likeness (QED) is 0.835. The minimum Gasteiger partial charge on any atom is -0.497 e. The Kier molecular flexibility index (Phi) is 4.62. The number of hydrogen-bond acceptors (Lipinski definition) is 3. The van der Waals surface area contributed by atoms with E-state index in [4.69, 9.17) is 9.47 Å². The van der Waals surface area contributed by atoms with Crippen molar-refractivity contribution in [1.29, 1.82) is 0 Å². The third kappa shape index (κ3) is 3.14. The molecule has 0 amide bonds. The summed E-state index contributed by atoms with van der Waals surface area (Å²) in [5, 5.41) is 9.63. The maximum absolute atomic E-state index is 9.63. The molecule has 1 rings (SSSR count). The molecule has 3 nitrogen and oxygen atoms in total. The second kappa shape index (κ2) is 5.75. The van der Waals surface area contributed by atoms with Crippen molar-refractivity contribution in [2.45, 2.75) is 39.4 Å². The number of aliphatic hydroxyl groups is 1. The van der Waals surface area contributed by atoms with Crippen molar-refractivity contribution in [3.8, 4) is 11.5 Å². The molecule has 0 fully saturated rings. The van der Waals surface area contributed by atoms with Crippen molar-refractivity contribution in [2.24, 2.45) is 0 Å². The van der Waals surface area contributed by atoms with Crippen LogP contribution in [0, 0.1) is 0 Å². The summed E-state index contributed by atoms with van der Waals surface area (Å²) < 4.78 is 10.9. The topological polar surface area (TPSA) is 38.7 Å². The van der Waals surface area contributed by atoms with E-state index in [9.17, 15) is 5.11 Å². The van der Waals surface area contributed by atoms with E-state index in [1.165, 1.54) is 0 Å². The Hall–Kier alpha value is -1.22. The minimum absolute atomic E-state index is 0.129. The van der Waals surface area contributed by atoms with Gasteiger partial charge in [0.1, 0.15) is 11.5 Å². The predicted octanol–water partition coefficient (Wildman–Crippen LogP) is 2.93. The molecule has 1 N–H and O–H groups in total. The molecule has 1 aromatic rings. The fourth-order valence-electron chi connectivity index (χ4n) is 1.39. The second-order valence-electron chi connectivity index (χ2n) is 3.92. The lowest BCUT2D eigenvalue weighted by atomic mass is 10.1. The fraction of sp³-hybridized carbons (Fsp3) is 0.538. The number of rotatable bonds is 5. The van der Waals surface area contributed by atoms with Crippen molar-refractivity contribution in [3.05, 3.63) is 23.8 Å². The average molecular weight is 224 g/mol. The van der Waals surface area contributed by atoms with Crippen LogP contribution in [0.4, 0.5) is 0 Å². The molecule has 0 aliphatic carbocycles. The Balaban J connectivity index is 3.00. The highest BCUT2D eigenvalue weighted by atomic mass is 16.5. The highest BCUT2D eigenvalue weighted by Crippen LogP contribution is 2.30. The van der Waals surface area contributed by atoms with Gasteiger partial charge >= 0.3 is 0 Å². The third-order valence-corrected chi connectivity index (χ3v) is 2.57. The summed E-state index contributed by atoms with van der Waals surface area (Å²) in [6, 6.07) is 5.47. The van der Waals surface area contributed by atoms with Gasteiger partial charge in [0, 0.05) is 11.6 Å². The molecule has 0 radical (unpaired) electrons. The van der Waals surface area contributed by atoms with Crippen LogP contribution < -0.4 is 9.47 Å². The monoisotopic (exact) mass is 224 g/mol. The molecular weight excluding hydrogens is 204 g/mol. The van der Waals surface area contributed by atoms with Crippen molar-refractivity contribution in [2.75, 3.05) is 7.11 Å². The van der Waals surface area contributed by atoms with Gasteiger partial charge in [0.25, 0.3) is 0 Å². The summed E-state index contributed by atoms with van der Waals surface area (Å²) in [4.78, 5) is 0. The predicted molar refractivity (Wildman–Crippen MR) is 64.0 cm³/mol. The van der Waals surface area contributed by atoms with Gasteiger partial charge in [-0.15, -0.1) is 0 Å². The summed E-state index contributed by atoms with van der Waals surface area (Å²) in [5.74, 6) is 1.44. The molecule has 0 heterocycles. The zero-order chi connectivity index (χ0) is 12.1. The van der Waals surface area contributed by atoms with Crippen molar-refractivity contribution < 1.29 is 14.6 Å². The molecule has 0 aromatic heterocycles. The van der Waals surface area contributed by atoms with Gasteiger partial charge in [0.15, 0.2) is 0 Å². The van der Waals surface area contributed by atoms with Gasteiger partial charge in [0.05, 0.1) is 19.3 Å². The first-order valence-electron chi connectivity index (χ1n) is 5.61. The number of methoxy groups -OCH3 is 1. The van der Waals surface area contributed by atoms with Crippen molar-refractivity contribution in [3.63, 3.8) is 0 Å². The van der Waals surface area contributed by atoms with E-state index in [-0.39, 0.29) is 6.10 Å². The number of aliphatic hydroxyl groups excluding tert-OH is 1. The lowest BCUT2D eigenvalue weighted by Crippen LogP contribution is -2.12. The van der Waals surface area contributed by atoms with Crippen LogP contribution in [0.5, 0.6) is 11.5 Å². The first-order valence-corrected chi connectivity index (χ1v) is 5.61. The van der Waals surface area contributed by atoms with Gasteiger partial charge in [-0.25, -0.2) is 0 Å². The zero-order valence-corrected chi connectivity index (χ0v) is 10.4. The summed E-state index contributed by atoms with van der Waals surface area (Å²) in [7, 11) is 1.62. The van der Waals surface area contributed by atoms with Crippen LogP contribution in [0.25, 0.3) is 0 Å². The van der Waals surface area contributed by atoms with Crippen LogP contribution in [0.1, 0.15) is 38.9 Å². The highest BCUT2D eigenvalue weighted by Gasteiger charge is 2.12. The van der Waals surface area contributed by atoms with E-state index in [0.29, 0.717) is 5.75 Å². The van der Waals surface area contributed by atoms with E-state index in [1.807, 2.05) is 25.1 Å². The Morgan fingerprint density at radius 1 is 1.31 bits per heavy atom. The number of benzene rings is 1. The van der Waals surface area contributed by atoms with E-state index in [1.54, 1.807) is 14.0 Å². The van der Waals surface area contributed by atoms with Gasteiger partial charge < -0.3 is 14.6 Å². The van der Waals surface area contributed by atoms with Gasteiger partial charge in [0.2, 0.25) is 0 Å². The molecule has 3 heteroatoms. The average Bonchev–Trinajstić information content (AvgIpc) is 2.28. The van der Waals surface area contributed by atoms with Crippen LogP contribution in [-0.2, 0) is 0 Å². The van der Waals surface area contributed by atoms with Crippen LogP contribution in [0.15, 0.2) is 18.2 Å². The molecule has 1 unspecified atom stereocenters. The van der Waals surface area contributed by atoms with E-state index in [0.717, 1.165) is 17.7 Å². The summed E-state index contributed by atoms with van der Waals surface area (Å²) in [6.07, 6.45) is 0.519. The van der Waals surface area contributed by atoms with E-state index < -0.39 is 6.10 Å². The number of hydrogen-bond donors (Lipinski definition) is 1. The zero-order valence-electron chi connectivity index (χ0n) is 10.4. The summed E-state index contributed by atoms with van der Waals surface area (Å²) >= 11 is 0. The van der Waals surface area contributed by atoms with E-state index >= 15 is 0 Å². The molecule has 0 aliphatic heterocycles. The molecule has 0 bridgehead atoms. The lowest BCUT2D eigenvalue weighted by Gasteiger charge is -2.18. The first-order chi connectivity index (χ1) is 7.58. The van der Waals surface area contributed by atoms with Crippen molar-refractivity contribution >= 4 is 0 Å². The minimum atomic E-state index is -0.537. The Morgan fingerprint density at radius 2 is 2.00 bits per heavy atom. The molecule has 0 saturated heterocycles. The van der Waals surface area contributed by atoms with Gasteiger partial charge in [-0.1, -0.05) is 6.92 Å². The number of ether oxygens (including phenoxy) is 2. The summed E-state index contributed by atoms with van der Waals surface area (Å²) in [5.41, 5.74) is 0.793. The van der Waals surface area contributed by atoms with Crippen LogP contribution in [0.2, 0.25) is 0 Å². The lowest BCUT2D eigenvalue weighted by molar-refractivity contribution is 0.176. The van der Waals surface area contributed by atoms with Gasteiger partial charge in [-0.2, -0.15) is 0 Å². The molecule has 16 heavy (non-hydrogen) atoms. The normalized spacial score (nSPS) is 14.3. The largest absolute Gasteiger partial charge is 0.497 e. The maximum atomic E-state index is 9.63. The standard InChI is InChI=1S/C13H20O3/c1-5-9(2)16-13-8-11(15-4)6-7-12(13)10(3)14/h6-10,14H,5H2,1-4H3/t9?,10-/m1/s1. The Labute approximate surface area is 97.0 Å². The molecule has 2 atom stereocenters. The third-order valence-electron chi connectivity index (χ3n) is 2.57. The fourth-order valence-corrected chi connectivity index (χ4v) is 1.39. The van der Waals surface area contributed by atoms with Crippen LogP contribution in [0.3, 0.4) is 0 Å².